The Morgan fingerprint density at radius 1 is 1.33 bits per heavy atom. The summed E-state index contributed by atoms with van der Waals surface area (Å²) in [7, 11) is 0. The van der Waals surface area contributed by atoms with Gasteiger partial charge in [-0.3, -0.25) is 0 Å². The third-order valence-electron chi connectivity index (χ3n) is 3.00. The third-order valence-corrected chi connectivity index (χ3v) is 3.00. The van der Waals surface area contributed by atoms with Crippen molar-refractivity contribution in [3.05, 3.63) is 6.33 Å². The van der Waals surface area contributed by atoms with E-state index in [1.54, 1.807) is 6.33 Å². The van der Waals surface area contributed by atoms with E-state index in [0.29, 0.717) is 5.65 Å². The third kappa shape index (κ3) is 1.86. The highest BCUT2D eigenvalue weighted by molar-refractivity contribution is 5.84. The van der Waals surface area contributed by atoms with Gasteiger partial charge in [-0.1, -0.05) is 0 Å². The van der Waals surface area contributed by atoms with E-state index < -0.39 is 0 Å². The molecule has 3 N–H and O–H groups in total. The maximum absolute atomic E-state index is 5.73. The van der Waals surface area contributed by atoms with Crippen molar-refractivity contribution < 1.29 is 4.74 Å². The lowest BCUT2D eigenvalue weighted by Gasteiger charge is -2.36. The second-order valence-electron chi connectivity index (χ2n) is 4.67. The number of rotatable bonds is 1. The van der Waals surface area contributed by atoms with Gasteiger partial charge < -0.3 is 20.4 Å². The number of nitrogens with zero attached hydrogens (tertiary/aromatic N) is 4. The molecule has 7 nitrogen and oxygen atoms in total. The molecule has 1 fully saturated rings. The number of nitrogens with two attached hydrogens (primary N) is 1. The van der Waals surface area contributed by atoms with Crippen molar-refractivity contribution in [1.29, 1.82) is 0 Å². The highest BCUT2D eigenvalue weighted by atomic mass is 16.5. The van der Waals surface area contributed by atoms with Crippen molar-refractivity contribution in [2.45, 2.75) is 26.1 Å². The number of nitrogen functional groups attached to an aromatic ring is 1. The smallest absolute Gasteiger partial charge is 0.224 e. The van der Waals surface area contributed by atoms with Crippen molar-refractivity contribution in [1.82, 2.24) is 19.9 Å². The fraction of sp³-hybridized carbons (Fsp3) is 0.545. The van der Waals surface area contributed by atoms with Crippen molar-refractivity contribution in [2.75, 3.05) is 23.7 Å². The summed E-state index contributed by atoms with van der Waals surface area (Å²) in [4.78, 5) is 17.8. The van der Waals surface area contributed by atoms with Gasteiger partial charge in [0.2, 0.25) is 5.95 Å². The first-order chi connectivity index (χ1) is 8.63. The highest BCUT2D eigenvalue weighted by Crippen LogP contribution is 2.24. The second-order valence-corrected chi connectivity index (χ2v) is 4.67. The van der Waals surface area contributed by atoms with Crippen molar-refractivity contribution in [3.63, 3.8) is 0 Å². The largest absolute Gasteiger partial charge is 0.372 e. The molecule has 0 aromatic carbocycles. The average Bonchev–Trinajstić information content (AvgIpc) is 2.74. The van der Waals surface area contributed by atoms with Gasteiger partial charge in [0, 0.05) is 13.1 Å². The quantitative estimate of drug-likeness (QED) is 0.765. The van der Waals surface area contributed by atoms with Gasteiger partial charge in [-0.05, 0) is 13.8 Å². The summed E-state index contributed by atoms with van der Waals surface area (Å²) >= 11 is 0. The van der Waals surface area contributed by atoms with Crippen molar-refractivity contribution in [2.24, 2.45) is 0 Å². The van der Waals surface area contributed by atoms with E-state index in [2.05, 4.69) is 38.7 Å². The topological polar surface area (TPSA) is 93.0 Å². The van der Waals surface area contributed by atoms with E-state index in [-0.39, 0.29) is 18.2 Å². The second kappa shape index (κ2) is 4.09. The molecule has 1 aliphatic rings. The lowest BCUT2D eigenvalue weighted by Crippen LogP contribution is -2.46. The van der Waals surface area contributed by atoms with Crippen LogP contribution >= 0.6 is 0 Å². The molecular formula is C11H16N6O. The fourth-order valence-corrected chi connectivity index (χ4v) is 2.41. The van der Waals surface area contributed by atoms with E-state index >= 15 is 0 Å². The molecular weight excluding hydrogens is 232 g/mol. The number of anilines is 2. The summed E-state index contributed by atoms with van der Waals surface area (Å²) in [6.45, 7) is 5.68. The summed E-state index contributed by atoms with van der Waals surface area (Å²) in [5, 5.41) is 0. The van der Waals surface area contributed by atoms with Gasteiger partial charge in [-0.2, -0.15) is 9.97 Å². The number of H-pyrrole nitrogens is 1. The number of hydrogen-bond acceptors (Lipinski definition) is 6. The van der Waals surface area contributed by atoms with Gasteiger partial charge in [0.05, 0.1) is 18.5 Å². The zero-order valence-electron chi connectivity index (χ0n) is 10.4. The Kier molecular flexibility index (Phi) is 2.55. The molecule has 7 heteroatoms. The van der Waals surface area contributed by atoms with Gasteiger partial charge >= 0.3 is 0 Å². The minimum atomic E-state index is 0.169. The number of morpholine rings is 1. The van der Waals surface area contributed by atoms with Crippen LogP contribution in [0.3, 0.4) is 0 Å². The van der Waals surface area contributed by atoms with Gasteiger partial charge in [-0.25, -0.2) is 4.98 Å². The molecule has 0 aliphatic carbocycles. The molecule has 0 amide bonds. The number of nitrogens with one attached hydrogen (secondary N) is 1. The molecule has 2 atom stereocenters. The molecule has 3 heterocycles. The number of fused-ring (bicyclic) bond motifs is 1. The molecule has 0 radical (unpaired) electrons. The lowest BCUT2D eigenvalue weighted by molar-refractivity contribution is -0.00537. The van der Waals surface area contributed by atoms with E-state index in [1.807, 2.05) is 0 Å². The molecule has 18 heavy (non-hydrogen) atoms. The lowest BCUT2D eigenvalue weighted by atomic mass is 10.2. The summed E-state index contributed by atoms with van der Waals surface area (Å²) in [6.07, 6.45) is 1.95. The van der Waals surface area contributed by atoms with Gasteiger partial charge in [0.15, 0.2) is 11.5 Å². The highest BCUT2D eigenvalue weighted by Gasteiger charge is 2.25. The molecule has 3 rings (SSSR count). The average molecular weight is 248 g/mol. The number of ether oxygens (including phenoxy) is 1. The van der Waals surface area contributed by atoms with Gasteiger partial charge in [0.25, 0.3) is 0 Å². The maximum atomic E-state index is 5.73. The number of aromatic nitrogens is 4. The Morgan fingerprint density at radius 2 is 2.06 bits per heavy atom. The van der Waals surface area contributed by atoms with Crippen LogP contribution in [0.2, 0.25) is 0 Å². The van der Waals surface area contributed by atoms with Crippen LogP contribution in [0.5, 0.6) is 0 Å². The first kappa shape index (κ1) is 11.2. The predicted octanol–water partition coefficient (Wildman–Crippen LogP) is 0.549. The Balaban J connectivity index is 2.05. The van der Waals surface area contributed by atoms with Crippen LogP contribution in [0.15, 0.2) is 6.33 Å². The van der Waals surface area contributed by atoms with E-state index in [0.717, 1.165) is 24.4 Å². The Bertz CT molecular complexity index is 558. The van der Waals surface area contributed by atoms with Gasteiger partial charge in [0.1, 0.15) is 5.52 Å². The standard InChI is InChI=1S/C11H16N6O/c1-6-3-17(4-7(2)18-6)10-8-9(14-5-13-8)15-11(12)16-10/h5-7H,3-4H2,1-2H3,(H3,12,13,14,15,16)/t6-,7+. The minimum absolute atomic E-state index is 0.169. The predicted molar refractivity (Wildman–Crippen MR) is 68.3 cm³/mol. The first-order valence-electron chi connectivity index (χ1n) is 6.00. The zero-order chi connectivity index (χ0) is 12.7. The van der Waals surface area contributed by atoms with E-state index in [1.165, 1.54) is 0 Å². The molecule has 2 aromatic heterocycles. The molecule has 96 valence electrons. The van der Waals surface area contributed by atoms with Crippen LogP contribution < -0.4 is 10.6 Å². The summed E-state index contributed by atoms with van der Waals surface area (Å²) in [6, 6.07) is 0. The summed E-state index contributed by atoms with van der Waals surface area (Å²) in [5.74, 6) is 1.05. The first-order valence-corrected chi connectivity index (χ1v) is 6.00. The Labute approximate surface area is 104 Å². The van der Waals surface area contributed by atoms with Crippen LogP contribution in [0, 0.1) is 0 Å². The molecule has 2 aromatic rings. The zero-order valence-corrected chi connectivity index (χ0v) is 10.4. The maximum Gasteiger partial charge on any atom is 0.224 e. The monoisotopic (exact) mass is 248 g/mol. The van der Waals surface area contributed by atoms with Gasteiger partial charge in [-0.15, -0.1) is 0 Å². The van der Waals surface area contributed by atoms with E-state index in [9.17, 15) is 0 Å². The summed E-state index contributed by atoms with van der Waals surface area (Å²) < 4.78 is 5.72. The van der Waals surface area contributed by atoms with Crippen molar-refractivity contribution >= 4 is 22.9 Å². The SMILES string of the molecule is C[C@@H]1CN(c2nc(N)nc3nc[nH]c23)C[C@H](C)O1. The molecule has 0 bridgehead atoms. The number of hydrogen-bond donors (Lipinski definition) is 2. The number of aromatic amines is 1. The summed E-state index contributed by atoms with van der Waals surface area (Å²) in [5.41, 5.74) is 7.15. The molecule has 0 saturated carbocycles. The van der Waals surface area contributed by atoms with Crippen LogP contribution in [0.4, 0.5) is 11.8 Å². The molecule has 1 aliphatic heterocycles. The van der Waals surface area contributed by atoms with Crippen LogP contribution in [0.1, 0.15) is 13.8 Å². The Hall–Kier alpha value is -1.89. The molecule has 0 unspecified atom stereocenters. The van der Waals surface area contributed by atoms with E-state index in [4.69, 9.17) is 10.5 Å². The fourth-order valence-electron chi connectivity index (χ4n) is 2.41. The normalized spacial score (nSPS) is 24.7. The molecule has 1 saturated heterocycles. The number of imidazole rings is 1. The van der Waals surface area contributed by atoms with Crippen molar-refractivity contribution in [3.8, 4) is 0 Å². The minimum Gasteiger partial charge on any atom is -0.372 e. The molecule has 0 spiro atoms. The van der Waals surface area contributed by atoms with Crippen LogP contribution in [-0.2, 0) is 4.74 Å². The van der Waals surface area contributed by atoms with Crippen LogP contribution in [-0.4, -0.2) is 45.2 Å². The van der Waals surface area contributed by atoms with Crippen LogP contribution in [0.25, 0.3) is 11.2 Å². The Morgan fingerprint density at radius 3 is 2.78 bits per heavy atom.